The Morgan fingerprint density at radius 2 is 2.18 bits per heavy atom. The summed E-state index contributed by atoms with van der Waals surface area (Å²) in [5.41, 5.74) is 0.227. The highest BCUT2D eigenvalue weighted by Gasteiger charge is 2.11. The summed E-state index contributed by atoms with van der Waals surface area (Å²) in [7, 11) is 0. The van der Waals surface area contributed by atoms with E-state index >= 15 is 0 Å². The van der Waals surface area contributed by atoms with E-state index in [0.717, 1.165) is 23.5 Å². The molecule has 2 rings (SSSR count). The smallest absolute Gasteiger partial charge is 0.355 e. The average molecular weight is 255 g/mol. The van der Waals surface area contributed by atoms with Gasteiger partial charge in [-0.25, -0.2) is 18.6 Å². The predicted molar refractivity (Wildman–Crippen MR) is 58.2 cm³/mol. The Bertz CT molecular complexity index is 568. The molecule has 88 valence electrons. The van der Waals surface area contributed by atoms with E-state index in [9.17, 15) is 13.6 Å². The summed E-state index contributed by atoms with van der Waals surface area (Å²) in [5, 5.41) is 10.5. The number of carbonyl (C=O) groups is 1. The topological polar surface area (TPSA) is 50.2 Å². The quantitative estimate of drug-likeness (QED) is 0.917. The first-order chi connectivity index (χ1) is 8.06. The van der Waals surface area contributed by atoms with Crippen molar-refractivity contribution in [2.24, 2.45) is 0 Å². The van der Waals surface area contributed by atoms with Crippen LogP contribution in [-0.4, -0.2) is 16.1 Å². The number of halogens is 2. The van der Waals surface area contributed by atoms with Gasteiger partial charge in [-0.2, -0.15) is 0 Å². The van der Waals surface area contributed by atoms with Crippen LogP contribution in [0.5, 0.6) is 0 Å². The highest BCUT2D eigenvalue weighted by Crippen LogP contribution is 2.17. The number of aromatic nitrogens is 1. The van der Waals surface area contributed by atoms with E-state index in [1.165, 1.54) is 11.4 Å². The molecule has 0 saturated carbocycles. The number of aromatic carboxylic acids is 1. The minimum atomic E-state index is -1.12. The second-order valence-electron chi connectivity index (χ2n) is 3.34. The Morgan fingerprint density at radius 1 is 1.41 bits per heavy atom. The number of rotatable bonds is 3. The number of hydrogen-bond acceptors (Lipinski definition) is 3. The van der Waals surface area contributed by atoms with Gasteiger partial charge < -0.3 is 5.11 Å². The van der Waals surface area contributed by atoms with Crippen LogP contribution in [0.1, 0.15) is 21.1 Å². The lowest BCUT2D eigenvalue weighted by Gasteiger charge is -2.00. The van der Waals surface area contributed by atoms with Gasteiger partial charge in [-0.3, -0.25) is 0 Å². The van der Waals surface area contributed by atoms with Gasteiger partial charge in [0, 0.05) is 17.9 Å². The van der Waals surface area contributed by atoms with Crippen molar-refractivity contribution in [3.05, 3.63) is 51.5 Å². The first-order valence-electron chi connectivity index (χ1n) is 4.68. The van der Waals surface area contributed by atoms with Gasteiger partial charge in [-0.15, -0.1) is 11.3 Å². The van der Waals surface area contributed by atoms with Crippen LogP contribution in [0.25, 0.3) is 0 Å². The van der Waals surface area contributed by atoms with Crippen molar-refractivity contribution < 1.29 is 18.7 Å². The molecule has 0 bridgehead atoms. The normalized spacial score (nSPS) is 10.5. The van der Waals surface area contributed by atoms with Crippen molar-refractivity contribution in [1.82, 2.24) is 4.98 Å². The highest BCUT2D eigenvalue weighted by molar-refractivity contribution is 7.09. The van der Waals surface area contributed by atoms with Crippen LogP contribution in [0.4, 0.5) is 8.78 Å². The molecule has 1 heterocycles. The molecule has 3 nitrogen and oxygen atoms in total. The second kappa shape index (κ2) is 4.58. The number of nitrogens with zero attached hydrogens (tertiary/aromatic N) is 1. The van der Waals surface area contributed by atoms with Crippen molar-refractivity contribution in [2.75, 3.05) is 0 Å². The average Bonchev–Trinajstić information content (AvgIpc) is 2.71. The summed E-state index contributed by atoms with van der Waals surface area (Å²) in [5.74, 6) is -2.42. The fourth-order valence-corrected chi connectivity index (χ4v) is 2.11. The van der Waals surface area contributed by atoms with Crippen molar-refractivity contribution in [1.29, 1.82) is 0 Å². The third kappa shape index (κ3) is 2.65. The maximum atomic E-state index is 13.3. The molecule has 0 aliphatic rings. The van der Waals surface area contributed by atoms with Crippen LogP contribution in [0.3, 0.4) is 0 Å². The van der Waals surface area contributed by atoms with Crippen molar-refractivity contribution in [3.63, 3.8) is 0 Å². The largest absolute Gasteiger partial charge is 0.476 e. The van der Waals surface area contributed by atoms with Gasteiger partial charge in [-0.1, -0.05) is 6.07 Å². The molecule has 2 aromatic rings. The Balaban J connectivity index is 2.22. The standard InChI is InChI=1S/C11H7F2NO2S/c12-7-2-1-6(8(13)4-7)3-10-14-9(5-17-10)11(15)16/h1-2,4-5H,3H2,(H,15,16). The lowest BCUT2D eigenvalue weighted by molar-refractivity contribution is 0.0691. The number of thiazole rings is 1. The molecule has 1 aromatic carbocycles. The van der Waals surface area contributed by atoms with Gasteiger partial charge in [0.2, 0.25) is 0 Å². The van der Waals surface area contributed by atoms with Crippen LogP contribution in [0, 0.1) is 11.6 Å². The molecule has 0 saturated heterocycles. The summed E-state index contributed by atoms with van der Waals surface area (Å²) in [6, 6.07) is 3.28. The summed E-state index contributed by atoms with van der Waals surface area (Å²) in [6.45, 7) is 0. The van der Waals surface area contributed by atoms with Gasteiger partial charge in [0.25, 0.3) is 0 Å². The third-order valence-electron chi connectivity index (χ3n) is 2.13. The molecule has 0 aliphatic heterocycles. The fraction of sp³-hybridized carbons (Fsp3) is 0.0909. The van der Waals surface area contributed by atoms with Crippen LogP contribution in [0.2, 0.25) is 0 Å². The van der Waals surface area contributed by atoms with E-state index in [-0.39, 0.29) is 17.7 Å². The van der Waals surface area contributed by atoms with E-state index in [2.05, 4.69) is 4.98 Å². The number of benzene rings is 1. The van der Waals surface area contributed by atoms with Crippen molar-refractivity contribution in [3.8, 4) is 0 Å². The second-order valence-corrected chi connectivity index (χ2v) is 4.29. The summed E-state index contributed by atoms with van der Waals surface area (Å²) in [6.07, 6.45) is 0.157. The van der Waals surface area contributed by atoms with Gasteiger partial charge in [0.15, 0.2) is 5.69 Å². The highest BCUT2D eigenvalue weighted by atomic mass is 32.1. The van der Waals surface area contributed by atoms with E-state index < -0.39 is 17.6 Å². The zero-order valence-corrected chi connectivity index (χ0v) is 9.30. The fourth-order valence-electron chi connectivity index (χ4n) is 1.32. The monoisotopic (exact) mass is 255 g/mol. The van der Waals surface area contributed by atoms with Gasteiger partial charge in [0.1, 0.15) is 11.6 Å². The number of carboxylic acid groups (broad SMARTS) is 1. The molecule has 0 spiro atoms. The Kier molecular flexibility index (Phi) is 3.14. The maximum Gasteiger partial charge on any atom is 0.355 e. The molecular formula is C11H7F2NO2S. The first kappa shape index (κ1) is 11.7. The molecule has 0 radical (unpaired) electrons. The molecule has 0 amide bonds. The van der Waals surface area contributed by atoms with Crippen molar-refractivity contribution >= 4 is 17.3 Å². The molecule has 0 unspecified atom stereocenters. The molecular weight excluding hydrogens is 248 g/mol. The van der Waals surface area contributed by atoms with Crippen molar-refractivity contribution in [2.45, 2.75) is 6.42 Å². The van der Waals surface area contributed by atoms with Crippen LogP contribution >= 0.6 is 11.3 Å². The van der Waals surface area contributed by atoms with Crippen LogP contribution < -0.4 is 0 Å². The van der Waals surface area contributed by atoms with Gasteiger partial charge in [0.05, 0.1) is 5.01 Å². The Hall–Kier alpha value is -1.82. The van der Waals surface area contributed by atoms with Crippen LogP contribution in [-0.2, 0) is 6.42 Å². The van der Waals surface area contributed by atoms with E-state index in [1.54, 1.807) is 0 Å². The molecule has 1 N–H and O–H groups in total. The van der Waals surface area contributed by atoms with E-state index in [0.29, 0.717) is 5.01 Å². The lowest BCUT2D eigenvalue weighted by atomic mass is 10.1. The van der Waals surface area contributed by atoms with Crippen LogP contribution in [0.15, 0.2) is 23.6 Å². The first-order valence-corrected chi connectivity index (χ1v) is 5.56. The third-order valence-corrected chi connectivity index (χ3v) is 2.98. The lowest BCUT2D eigenvalue weighted by Crippen LogP contribution is -1.98. The summed E-state index contributed by atoms with van der Waals surface area (Å²) in [4.78, 5) is 14.4. The van der Waals surface area contributed by atoms with E-state index in [1.807, 2.05) is 0 Å². The molecule has 0 atom stereocenters. The Labute approximate surface area is 99.4 Å². The van der Waals surface area contributed by atoms with E-state index in [4.69, 9.17) is 5.11 Å². The molecule has 6 heteroatoms. The predicted octanol–water partition coefficient (Wildman–Crippen LogP) is 2.71. The summed E-state index contributed by atoms with van der Waals surface area (Å²) < 4.78 is 26.0. The molecule has 0 aliphatic carbocycles. The minimum Gasteiger partial charge on any atom is -0.476 e. The molecule has 17 heavy (non-hydrogen) atoms. The zero-order chi connectivity index (χ0) is 12.4. The van der Waals surface area contributed by atoms with Gasteiger partial charge >= 0.3 is 5.97 Å². The maximum absolute atomic E-state index is 13.3. The zero-order valence-electron chi connectivity index (χ0n) is 8.48. The van der Waals surface area contributed by atoms with Gasteiger partial charge in [-0.05, 0) is 11.6 Å². The SMILES string of the molecule is O=C(O)c1csc(Cc2ccc(F)cc2F)n1. The number of hydrogen-bond donors (Lipinski definition) is 1. The summed E-state index contributed by atoms with van der Waals surface area (Å²) >= 11 is 1.13. The number of carboxylic acids is 1. The minimum absolute atomic E-state index is 0.0625. The molecule has 0 fully saturated rings. The molecule has 1 aromatic heterocycles. The Morgan fingerprint density at radius 3 is 2.76 bits per heavy atom.